The van der Waals surface area contributed by atoms with Crippen LogP contribution in [0.15, 0.2) is 42.5 Å². The molecular formula is C21H21F5. The Bertz CT molecular complexity index is 719. The first-order chi connectivity index (χ1) is 12.3. The Morgan fingerprint density at radius 2 is 1.46 bits per heavy atom. The van der Waals surface area contributed by atoms with Crippen LogP contribution in [0, 0.1) is 11.6 Å². The predicted molar refractivity (Wildman–Crippen MR) is 94.7 cm³/mol. The molecule has 0 spiro atoms. The van der Waals surface area contributed by atoms with Gasteiger partial charge in [-0.1, -0.05) is 50.5 Å². The van der Waals surface area contributed by atoms with Crippen LogP contribution < -0.4 is 0 Å². The van der Waals surface area contributed by atoms with Crippen molar-refractivity contribution in [2.75, 3.05) is 0 Å². The van der Waals surface area contributed by atoms with Gasteiger partial charge >= 0.3 is 6.18 Å². The van der Waals surface area contributed by atoms with E-state index >= 15 is 0 Å². The maximum absolute atomic E-state index is 14.0. The highest BCUT2D eigenvalue weighted by molar-refractivity contribution is 5.67. The molecule has 0 saturated carbocycles. The van der Waals surface area contributed by atoms with Crippen LogP contribution >= 0.6 is 0 Å². The molecule has 0 atom stereocenters. The van der Waals surface area contributed by atoms with E-state index in [0.717, 1.165) is 30.5 Å². The molecule has 0 aromatic heterocycles. The third-order valence-corrected chi connectivity index (χ3v) is 4.12. The largest absolute Gasteiger partial charge is 0.409 e. The molecule has 2 rings (SSSR count). The standard InChI is InChI=1S/C21H21F5/c1-2-3-4-5-6-15-7-9-16(10-8-15)17-13-19(22)18(20(23)14-17)11-12-21(24,25)26/h7-14H,2-6H2,1H3. The van der Waals surface area contributed by atoms with Crippen LogP contribution in [0.5, 0.6) is 0 Å². The second kappa shape index (κ2) is 8.97. The molecule has 0 radical (unpaired) electrons. The normalized spacial score (nSPS) is 12.1. The smallest absolute Gasteiger partial charge is 0.206 e. The SMILES string of the molecule is CCCCCCc1ccc(-c2cc(F)c(C=CC(F)(F)F)c(F)c2)cc1. The van der Waals surface area contributed by atoms with E-state index in [4.69, 9.17) is 0 Å². The lowest BCUT2D eigenvalue weighted by Crippen LogP contribution is -2.01. The molecule has 0 nitrogen and oxygen atoms in total. The van der Waals surface area contributed by atoms with Gasteiger partial charge in [0.1, 0.15) is 11.6 Å². The molecule has 0 N–H and O–H groups in total. The van der Waals surface area contributed by atoms with Gasteiger partial charge in [-0.3, -0.25) is 0 Å². The summed E-state index contributed by atoms with van der Waals surface area (Å²) in [6, 6.07) is 9.47. The molecule has 0 aliphatic carbocycles. The number of aryl methyl sites for hydroxylation is 1. The molecule has 0 aliphatic rings. The molecule has 140 valence electrons. The Balaban J connectivity index is 2.15. The van der Waals surface area contributed by atoms with Gasteiger partial charge in [-0.25, -0.2) is 8.78 Å². The van der Waals surface area contributed by atoms with Crippen LogP contribution in [0.25, 0.3) is 17.2 Å². The van der Waals surface area contributed by atoms with Crippen LogP contribution in [0.1, 0.15) is 43.7 Å². The highest BCUT2D eigenvalue weighted by Gasteiger charge is 2.22. The van der Waals surface area contributed by atoms with Crippen LogP contribution in [0.3, 0.4) is 0 Å². The fraction of sp³-hybridized carbons (Fsp3) is 0.333. The minimum atomic E-state index is -4.62. The van der Waals surface area contributed by atoms with Gasteiger partial charge in [-0.15, -0.1) is 0 Å². The number of benzene rings is 2. The van der Waals surface area contributed by atoms with Gasteiger partial charge in [0, 0.05) is 11.6 Å². The molecule has 26 heavy (non-hydrogen) atoms. The van der Waals surface area contributed by atoms with Crippen molar-refractivity contribution in [1.29, 1.82) is 0 Å². The Kier molecular flexibility index (Phi) is 6.95. The molecule has 2 aromatic carbocycles. The van der Waals surface area contributed by atoms with Gasteiger partial charge in [-0.05, 0) is 47.7 Å². The topological polar surface area (TPSA) is 0 Å². The molecule has 0 fully saturated rings. The quantitative estimate of drug-likeness (QED) is 0.354. The number of unbranched alkanes of at least 4 members (excludes halogenated alkanes) is 3. The van der Waals surface area contributed by atoms with Crippen molar-refractivity contribution < 1.29 is 22.0 Å². The van der Waals surface area contributed by atoms with Crippen molar-refractivity contribution in [3.8, 4) is 11.1 Å². The highest BCUT2D eigenvalue weighted by Crippen LogP contribution is 2.27. The summed E-state index contributed by atoms with van der Waals surface area (Å²) >= 11 is 0. The minimum absolute atomic E-state index is 0.179. The van der Waals surface area contributed by atoms with Crippen molar-refractivity contribution in [1.82, 2.24) is 0 Å². The second-order valence-electron chi connectivity index (χ2n) is 6.24. The first kappa shape index (κ1) is 20.1. The summed E-state index contributed by atoms with van der Waals surface area (Å²) in [5.74, 6) is -2.05. The number of allylic oxidation sites excluding steroid dienone is 1. The number of alkyl halides is 3. The molecule has 0 unspecified atom stereocenters. The minimum Gasteiger partial charge on any atom is -0.206 e. The van der Waals surface area contributed by atoms with Gasteiger partial charge in [0.15, 0.2) is 0 Å². The van der Waals surface area contributed by atoms with Gasteiger partial charge < -0.3 is 0 Å². The van der Waals surface area contributed by atoms with Gasteiger partial charge in [0.25, 0.3) is 0 Å². The van der Waals surface area contributed by atoms with Crippen LogP contribution in [-0.4, -0.2) is 6.18 Å². The Labute approximate surface area is 150 Å². The van der Waals surface area contributed by atoms with Crippen molar-refractivity contribution >= 4 is 6.08 Å². The van der Waals surface area contributed by atoms with E-state index < -0.39 is 23.4 Å². The number of halogens is 5. The summed E-state index contributed by atoms with van der Waals surface area (Å²) in [6.45, 7) is 2.15. The van der Waals surface area contributed by atoms with E-state index in [2.05, 4.69) is 6.92 Å². The molecule has 0 saturated heterocycles. The Morgan fingerprint density at radius 3 is 2.00 bits per heavy atom. The van der Waals surface area contributed by atoms with Crippen molar-refractivity contribution in [2.24, 2.45) is 0 Å². The number of hydrogen-bond acceptors (Lipinski definition) is 0. The lowest BCUT2D eigenvalue weighted by molar-refractivity contribution is -0.0790. The first-order valence-electron chi connectivity index (χ1n) is 8.64. The summed E-state index contributed by atoms with van der Waals surface area (Å²) in [7, 11) is 0. The zero-order valence-corrected chi connectivity index (χ0v) is 14.5. The maximum Gasteiger partial charge on any atom is 0.409 e. The summed E-state index contributed by atoms with van der Waals surface area (Å²) in [5, 5.41) is 0. The zero-order chi connectivity index (χ0) is 19.2. The molecule has 0 amide bonds. The lowest BCUT2D eigenvalue weighted by Gasteiger charge is -2.08. The monoisotopic (exact) mass is 368 g/mol. The highest BCUT2D eigenvalue weighted by atomic mass is 19.4. The molecular weight excluding hydrogens is 347 g/mol. The average Bonchev–Trinajstić information content (AvgIpc) is 2.57. The summed E-state index contributed by atoms with van der Waals surface area (Å²) in [5.41, 5.74) is 1.36. The Morgan fingerprint density at radius 1 is 0.846 bits per heavy atom. The second-order valence-corrected chi connectivity index (χ2v) is 6.24. The van der Waals surface area contributed by atoms with Gasteiger partial charge in [0.2, 0.25) is 0 Å². The van der Waals surface area contributed by atoms with E-state index in [1.807, 2.05) is 12.1 Å². The van der Waals surface area contributed by atoms with Crippen molar-refractivity contribution in [3.05, 3.63) is 65.2 Å². The molecule has 5 heteroatoms. The van der Waals surface area contributed by atoms with E-state index in [-0.39, 0.29) is 6.08 Å². The zero-order valence-electron chi connectivity index (χ0n) is 14.5. The van der Waals surface area contributed by atoms with E-state index in [1.54, 1.807) is 12.1 Å². The molecule has 2 aromatic rings. The number of hydrogen-bond donors (Lipinski definition) is 0. The fourth-order valence-electron chi connectivity index (χ4n) is 2.71. The fourth-order valence-corrected chi connectivity index (χ4v) is 2.71. The maximum atomic E-state index is 14.0. The first-order valence-corrected chi connectivity index (χ1v) is 8.64. The molecule has 0 aliphatic heterocycles. The molecule has 0 heterocycles. The van der Waals surface area contributed by atoms with E-state index in [0.29, 0.717) is 17.2 Å². The van der Waals surface area contributed by atoms with Crippen LogP contribution in [0.2, 0.25) is 0 Å². The lowest BCUT2D eigenvalue weighted by atomic mass is 9.99. The van der Waals surface area contributed by atoms with Crippen LogP contribution in [0.4, 0.5) is 22.0 Å². The van der Waals surface area contributed by atoms with Crippen LogP contribution in [-0.2, 0) is 6.42 Å². The predicted octanol–water partition coefficient (Wildman–Crippen LogP) is 7.33. The van der Waals surface area contributed by atoms with Gasteiger partial charge in [-0.2, -0.15) is 13.2 Å². The van der Waals surface area contributed by atoms with E-state index in [9.17, 15) is 22.0 Å². The van der Waals surface area contributed by atoms with Crippen molar-refractivity contribution in [2.45, 2.75) is 45.2 Å². The summed E-state index contributed by atoms with van der Waals surface area (Å²) in [4.78, 5) is 0. The number of rotatable bonds is 7. The Hall–Kier alpha value is -2.17. The summed E-state index contributed by atoms with van der Waals surface area (Å²) in [6.07, 6.45) is 1.19. The van der Waals surface area contributed by atoms with Crippen molar-refractivity contribution in [3.63, 3.8) is 0 Å². The van der Waals surface area contributed by atoms with E-state index in [1.165, 1.54) is 19.3 Å². The average molecular weight is 368 g/mol. The summed E-state index contributed by atoms with van der Waals surface area (Å²) < 4.78 is 64.6. The third kappa shape index (κ3) is 5.97. The van der Waals surface area contributed by atoms with Gasteiger partial charge in [0.05, 0.1) is 0 Å². The molecule has 0 bridgehead atoms. The third-order valence-electron chi connectivity index (χ3n) is 4.12.